The third-order valence-corrected chi connectivity index (χ3v) is 12.7. The number of hydrogen-bond donors (Lipinski definition) is 0. The van der Waals surface area contributed by atoms with Crippen molar-refractivity contribution in [1.29, 1.82) is 0 Å². The summed E-state index contributed by atoms with van der Waals surface area (Å²) in [4.78, 5) is 0. The predicted molar refractivity (Wildman–Crippen MR) is 230 cm³/mol. The minimum atomic E-state index is 0.0882. The van der Waals surface area contributed by atoms with E-state index in [0.29, 0.717) is 0 Å². The van der Waals surface area contributed by atoms with Gasteiger partial charge in [0.25, 0.3) is 0 Å². The molecule has 11 aromatic rings. The van der Waals surface area contributed by atoms with Gasteiger partial charge >= 0.3 is 0 Å². The molecule has 0 aliphatic carbocycles. The Hall–Kier alpha value is -6.29. The fraction of sp³-hybridized carbons (Fsp3) is 0. The maximum Gasteiger partial charge on any atom is 0.240 e. The first kappa shape index (κ1) is 29.3. The van der Waals surface area contributed by atoms with Gasteiger partial charge < -0.3 is 8.98 Å². The fourth-order valence-electron chi connectivity index (χ4n) is 9.50. The summed E-state index contributed by atoms with van der Waals surface area (Å²) in [7, 11) is 0. The molecular weight excluding hydrogens is 660 g/mol. The Morgan fingerprint density at radius 3 is 1.77 bits per heavy atom. The molecule has 8 aromatic carbocycles. The largest absolute Gasteiger partial charge is 0.456 e. The zero-order valence-corrected chi connectivity index (χ0v) is 29.5. The van der Waals surface area contributed by atoms with E-state index in [1.165, 1.54) is 74.9 Å². The molecule has 0 radical (unpaired) electrons. The minimum Gasteiger partial charge on any atom is -0.456 e. The van der Waals surface area contributed by atoms with Crippen molar-refractivity contribution in [3.63, 3.8) is 0 Å². The Bertz CT molecular complexity index is 3220. The fourth-order valence-corrected chi connectivity index (χ4v) is 10.7. The molecule has 1 aliphatic rings. The molecule has 2 nitrogen and oxygen atoms in total. The van der Waals surface area contributed by atoms with Gasteiger partial charge in [-0.1, -0.05) is 166 Å². The number of nitrogens with zero attached hydrogens (tertiary/aromatic N) is 1. The van der Waals surface area contributed by atoms with Crippen molar-refractivity contribution >= 4 is 121 Å². The molecule has 0 saturated heterocycles. The average Bonchev–Trinajstić information content (AvgIpc) is 3.88. The van der Waals surface area contributed by atoms with Crippen LogP contribution in [-0.4, -0.2) is 18.0 Å². The Morgan fingerprint density at radius 2 is 1.00 bits per heavy atom. The lowest BCUT2D eigenvalue weighted by atomic mass is 9.21. The molecule has 244 valence electrons. The second-order valence-corrected chi connectivity index (χ2v) is 15.4. The summed E-state index contributed by atoms with van der Waals surface area (Å²) in [6.07, 6.45) is 0. The van der Waals surface area contributed by atoms with Crippen molar-refractivity contribution in [2.75, 3.05) is 0 Å². The highest BCUT2D eigenvalue weighted by molar-refractivity contribution is 7.26. The van der Waals surface area contributed by atoms with E-state index in [9.17, 15) is 0 Å². The van der Waals surface area contributed by atoms with Crippen molar-refractivity contribution < 1.29 is 4.42 Å². The molecule has 53 heavy (non-hydrogen) atoms. The third-order valence-electron chi connectivity index (χ3n) is 11.6. The molecule has 0 fully saturated rings. The third kappa shape index (κ3) is 4.11. The summed E-state index contributed by atoms with van der Waals surface area (Å²) in [5, 5.41) is 7.43. The number of para-hydroxylation sites is 2. The standard InChI is InChI=1S/C48H29B2NOS/c1-2-14-30(15-3-1)49-35-18-6-8-20-37(35)50(38-21-9-7-19-36(38)49)39-22-12-26-45-47(39)48-41(24-13-27-46(48)53-45)51-40-23-10-4-16-31(40)33-28-34-32-17-5-11-25-43(32)52-44(34)29-42(33)51/h1-29H. The van der Waals surface area contributed by atoms with Crippen molar-refractivity contribution in [2.24, 2.45) is 0 Å². The van der Waals surface area contributed by atoms with Gasteiger partial charge in [0, 0.05) is 42.4 Å². The number of furan rings is 1. The molecule has 0 amide bonds. The molecule has 1 aliphatic heterocycles. The molecule has 3 aromatic heterocycles. The Labute approximate surface area is 310 Å². The maximum absolute atomic E-state index is 6.48. The summed E-state index contributed by atoms with van der Waals surface area (Å²) in [5.74, 6) is 0. The molecule has 4 heterocycles. The quantitative estimate of drug-likeness (QED) is 0.171. The van der Waals surface area contributed by atoms with Gasteiger partial charge in [0.2, 0.25) is 13.4 Å². The lowest BCUT2D eigenvalue weighted by Crippen LogP contribution is -2.74. The van der Waals surface area contributed by atoms with E-state index in [4.69, 9.17) is 4.42 Å². The first-order valence-corrected chi connectivity index (χ1v) is 19.1. The van der Waals surface area contributed by atoms with Crippen molar-refractivity contribution in [1.82, 2.24) is 4.57 Å². The SMILES string of the molecule is c1ccc(B2c3ccccc3B(c3cccc4sc5cccc(-n6c7ccccc7c7cc8c(cc76)oc6ccccc68)c5c34)c3ccccc32)cc1. The highest BCUT2D eigenvalue weighted by Gasteiger charge is 2.39. The van der Waals surface area contributed by atoms with Crippen molar-refractivity contribution in [3.8, 4) is 5.69 Å². The Kier molecular flexibility index (Phi) is 6.14. The van der Waals surface area contributed by atoms with E-state index >= 15 is 0 Å². The number of thiophene rings is 1. The number of fused-ring (bicyclic) bond motifs is 11. The zero-order valence-electron chi connectivity index (χ0n) is 28.7. The molecule has 0 atom stereocenters. The number of rotatable bonds is 3. The molecule has 0 spiro atoms. The van der Waals surface area contributed by atoms with E-state index in [1.54, 1.807) is 0 Å². The van der Waals surface area contributed by atoms with Gasteiger partial charge in [0.05, 0.1) is 16.7 Å². The van der Waals surface area contributed by atoms with Gasteiger partial charge in [0.15, 0.2) is 0 Å². The normalized spacial score (nSPS) is 12.8. The second-order valence-electron chi connectivity index (χ2n) is 14.3. The van der Waals surface area contributed by atoms with Crippen LogP contribution in [0.4, 0.5) is 0 Å². The van der Waals surface area contributed by atoms with Crippen LogP contribution in [-0.2, 0) is 0 Å². The smallest absolute Gasteiger partial charge is 0.240 e. The molecule has 0 saturated carbocycles. The van der Waals surface area contributed by atoms with Gasteiger partial charge in [-0.3, -0.25) is 0 Å². The van der Waals surface area contributed by atoms with Crippen LogP contribution < -0.4 is 32.8 Å². The maximum atomic E-state index is 6.48. The molecule has 0 bridgehead atoms. The molecule has 0 unspecified atom stereocenters. The molecule has 12 rings (SSSR count). The first-order valence-electron chi connectivity index (χ1n) is 18.3. The van der Waals surface area contributed by atoms with Gasteiger partial charge in [-0.05, 0) is 41.8 Å². The molecular formula is C48H29B2NOS. The van der Waals surface area contributed by atoms with E-state index in [0.717, 1.165) is 27.5 Å². The first-order chi connectivity index (χ1) is 26.3. The van der Waals surface area contributed by atoms with Gasteiger partial charge in [0.1, 0.15) is 11.2 Å². The predicted octanol–water partition coefficient (Wildman–Crippen LogP) is 8.40. The highest BCUT2D eigenvalue weighted by atomic mass is 32.1. The van der Waals surface area contributed by atoms with Crippen LogP contribution in [0.3, 0.4) is 0 Å². The lowest BCUT2D eigenvalue weighted by Gasteiger charge is -2.32. The van der Waals surface area contributed by atoms with E-state index in [2.05, 4.69) is 174 Å². The summed E-state index contributed by atoms with van der Waals surface area (Å²) in [6, 6.07) is 64.9. The number of hydrogen-bond acceptors (Lipinski definition) is 2. The number of benzene rings is 8. The summed E-state index contributed by atoms with van der Waals surface area (Å²) in [6.45, 7) is 0.270. The van der Waals surface area contributed by atoms with Crippen LogP contribution in [0, 0.1) is 0 Å². The van der Waals surface area contributed by atoms with Crippen LogP contribution in [0.15, 0.2) is 180 Å². The van der Waals surface area contributed by atoms with Crippen molar-refractivity contribution in [2.45, 2.75) is 0 Å². The van der Waals surface area contributed by atoms with Crippen molar-refractivity contribution in [3.05, 3.63) is 176 Å². The summed E-state index contributed by atoms with van der Waals surface area (Å²) < 4.78 is 11.6. The van der Waals surface area contributed by atoms with Crippen LogP contribution in [0.1, 0.15) is 0 Å². The summed E-state index contributed by atoms with van der Waals surface area (Å²) >= 11 is 1.90. The highest BCUT2D eigenvalue weighted by Crippen LogP contribution is 2.42. The summed E-state index contributed by atoms with van der Waals surface area (Å²) in [5.41, 5.74) is 13.6. The topological polar surface area (TPSA) is 18.1 Å². The lowest BCUT2D eigenvalue weighted by molar-refractivity contribution is 0.669. The van der Waals surface area contributed by atoms with Gasteiger partial charge in [-0.25, -0.2) is 0 Å². The number of aromatic nitrogens is 1. The van der Waals surface area contributed by atoms with E-state index in [1.807, 2.05) is 17.4 Å². The zero-order chi connectivity index (χ0) is 34.6. The van der Waals surface area contributed by atoms with Crippen LogP contribution in [0.5, 0.6) is 0 Å². The van der Waals surface area contributed by atoms with Crippen LogP contribution >= 0.6 is 11.3 Å². The minimum absolute atomic E-state index is 0.0882. The van der Waals surface area contributed by atoms with Crippen LogP contribution in [0.2, 0.25) is 0 Å². The van der Waals surface area contributed by atoms with Gasteiger partial charge in [-0.2, -0.15) is 0 Å². The van der Waals surface area contributed by atoms with Gasteiger partial charge in [-0.15, -0.1) is 11.3 Å². The van der Waals surface area contributed by atoms with E-state index < -0.39 is 0 Å². The monoisotopic (exact) mass is 689 g/mol. The van der Waals surface area contributed by atoms with Crippen LogP contribution in [0.25, 0.3) is 69.6 Å². The average molecular weight is 689 g/mol. The molecule has 5 heteroatoms. The Morgan fingerprint density at radius 1 is 0.396 bits per heavy atom. The Balaban J connectivity index is 1.17. The molecule has 0 N–H and O–H groups in total. The second kappa shape index (κ2) is 11.1. The van der Waals surface area contributed by atoms with E-state index in [-0.39, 0.29) is 13.4 Å².